The first-order chi connectivity index (χ1) is 4.27. The second kappa shape index (κ2) is 5.53. The van der Waals surface area contributed by atoms with Crippen LogP contribution >= 0.6 is 0 Å². The monoisotopic (exact) mass is 131 g/mol. The Morgan fingerprint density at radius 3 is 2.67 bits per heavy atom. The molecule has 0 heterocycles. The summed E-state index contributed by atoms with van der Waals surface area (Å²) in [4.78, 5) is 10.1. The van der Waals surface area contributed by atoms with Crippen molar-refractivity contribution in [2.45, 2.75) is 0 Å². The molecule has 0 aromatic heterocycles. The van der Waals surface area contributed by atoms with Gasteiger partial charge < -0.3 is 16.4 Å². The highest BCUT2D eigenvalue weighted by Crippen LogP contribution is 1.55. The first kappa shape index (κ1) is 8.39. The van der Waals surface area contributed by atoms with Crippen molar-refractivity contribution in [2.24, 2.45) is 5.73 Å². The third kappa shape index (κ3) is 7.39. The number of primary amides is 1. The smallest absolute Gasteiger partial charge is 0.231 e. The molecule has 1 amide bonds. The van der Waals surface area contributed by atoms with E-state index in [2.05, 4.69) is 10.6 Å². The van der Waals surface area contributed by atoms with Crippen molar-refractivity contribution in [3.05, 3.63) is 0 Å². The minimum atomic E-state index is -0.314. The largest absolute Gasteiger partial charge is 0.369 e. The Bertz CT molecular complexity index is 84.3. The Morgan fingerprint density at radius 2 is 2.22 bits per heavy atom. The van der Waals surface area contributed by atoms with Crippen LogP contribution in [0, 0.1) is 0 Å². The van der Waals surface area contributed by atoms with Crippen molar-refractivity contribution < 1.29 is 4.79 Å². The van der Waals surface area contributed by atoms with Crippen LogP contribution in [0.3, 0.4) is 0 Å². The van der Waals surface area contributed by atoms with E-state index in [4.69, 9.17) is 5.73 Å². The Labute approximate surface area is 54.8 Å². The lowest BCUT2D eigenvalue weighted by Crippen LogP contribution is -2.32. The van der Waals surface area contributed by atoms with Crippen LogP contribution in [0.5, 0.6) is 0 Å². The van der Waals surface area contributed by atoms with E-state index in [0.717, 1.165) is 13.1 Å². The second-order valence-corrected chi connectivity index (χ2v) is 1.75. The topological polar surface area (TPSA) is 67.2 Å². The van der Waals surface area contributed by atoms with Crippen LogP contribution in [0.15, 0.2) is 0 Å². The summed E-state index contributed by atoms with van der Waals surface area (Å²) in [6.07, 6.45) is 0. The third-order valence-corrected chi connectivity index (χ3v) is 0.851. The number of carbonyl (C=O) groups is 1. The molecule has 0 aliphatic rings. The number of nitrogens with one attached hydrogen (secondary N) is 2. The van der Waals surface area contributed by atoms with Gasteiger partial charge in [-0.15, -0.1) is 0 Å². The average Bonchev–Trinajstić information content (AvgIpc) is 1.80. The third-order valence-electron chi connectivity index (χ3n) is 0.851. The quantitative estimate of drug-likeness (QED) is 0.389. The van der Waals surface area contributed by atoms with Crippen LogP contribution in [0.25, 0.3) is 0 Å². The summed E-state index contributed by atoms with van der Waals surface area (Å²) in [5, 5.41) is 5.78. The molecule has 0 spiro atoms. The predicted molar refractivity (Wildman–Crippen MR) is 36.0 cm³/mol. The highest BCUT2D eigenvalue weighted by Gasteiger charge is 1.89. The molecular formula is C5H13N3O. The Kier molecular flexibility index (Phi) is 5.15. The molecule has 0 aliphatic heterocycles. The molecule has 4 nitrogen and oxygen atoms in total. The number of nitrogens with two attached hydrogens (primary N) is 1. The summed E-state index contributed by atoms with van der Waals surface area (Å²) in [7, 11) is 1.85. The molecule has 4 heteroatoms. The normalized spacial score (nSPS) is 9.44. The molecule has 0 aromatic carbocycles. The van der Waals surface area contributed by atoms with E-state index in [1.807, 2.05) is 7.05 Å². The van der Waals surface area contributed by atoms with Gasteiger partial charge in [-0.2, -0.15) is 0 Å². The summed E-state index contributed by atoms with van der Waals surface area (Å²) in [5.41, 5.74) is 4.85. The highest BCUT2D eigenvalue weighted by molar-refractivity contribution is 5.75. The molecule has 0 fully saturated rings. The lowest BCUT2D eigenvalue weighted by atomic mass is 10.5. The van der Waals surface area contributed by atoms with Gasteiger partial charge in [-0.3, -0.25) is 4.79 Å². The van der Waals surface area contributed by atoms with Crippen molar-refractivity contribution >= 4 is 5.91 Å². The first-order valence-electron chi connectivity index (χ1n) is 2.91. The number of hydrogen-bond donors (Lipinski definition) is 3. The van der Waals surface area contributed by atoms with Gasteiger partial charge in [0.1, 0.15) is 0 Å². The SMILES string of the molecule is CNCCNCC(N)=O. The van der Waals surface area contributed by atoms with Crippen LogP contribution in [0.4, 0.5) is 0 Å². The average molecular weight is 131 g/mol. The molecule has 0 saturated carbocycles. The molecule has 0 unspecified atom stereocenters. The molecule has 9 heavy (non-hydrogen) atoms. The molecule has 0 atom stereocenters. The maximum Gasteiger partial charge on any atom is 0.231 e. The molecule has 54 valence electrons. The fourth-order valence-corrected chi connectivity index (χ4v) is 0.425. The minimum absolute atomic E-state index is 0.266. The summed E-state index contributed by atoms with van der Waals surface area (Å²) >= 11 is 0. The summed E-state index contributed by atoms with van der Waals surface area (Å²) < 4.78 is 0. The second-order valence-electron chi connectivity index (χ2n) is 1.75. The van der Waals surface area contributed by atoms with Crippen molar-refractivity contribution in [2.75, 3.05) is 26.7 Å². The predicted octanol–water partition coefficient (Wildman–Crippen LogP) is -1.72. The van der Waals surface area contributed by atoms with Gasteiger partial charge in [0.2, 0.25) is 5.91 Å². The van der Waals surface area contributed by atoms with Gasteiger partial charge in [-0.1, -0.05) is 0 Å². The number of hydrogen-bond acceptors (Lipinski definition) is 3. The Hall–Kier alpha value is -0.610. The highest BCUT2D eigenvalue weighted by atomic mass is 16.1. The number of likely N-dealkylation sites (N-methyl/N-ethyl adjacent to an activating group) is 1. The maximum atomic E-state index is 10.1. The van der Waals surface area contributed by atoms with E-state index in [1.165, 1.54) is 0 Å². The van der Waals surface area contributed by atoms with Crippen molar-refractivity contribution in [3.8, 4) is 0 Å². The van der Waals surface area contributed by atoms with E-state index >= 15 is 0 Å². The molecule has 0 rings (SSSR count). The summed E-state index contributed by atoms with van der Waals surface area (Å²) in [5.74, 6) is -0.314. The molecule has 0 radical (unpaired) electrons. The van der Waals surface area contributed by atoms with E-state index < -0.39 is 0 Å². The van der Waals surface area contributed by atoms with Crippen molar-refractivity contribution in [1.29, 1.82) is 0 Å². The zero-order valence-electron chi connectivity index (χ0n) is 5.61. The zero-order chi connectivity index (χ0) is 7.11. The van der Waals surface area contributed by atoms with Crippen molar-refractivity contribution in [3.63, 3.8) is 0 Å². The van der Waals surface area contributed by atoms with E-state index in [1.54, 1.807) is 0 Å². The van der Waals surface area contributed by atoms with Crippen LogP contribution in [-0.4, -0.2) is 32.6 Å². The minimum Gasteiger partial charge on any atom is -0.369 e. The molecule has 0 aromatic rings. The van der Waals surface area contributed by atoms with Crippen LogP contribution in [0.1, 0.15) is 0 Å². The Morgan fingerprint density at radius 1 is 1.56 bits per heavy atom. The van der Waals surface area contributed by atoms with Gasteiger partial charge in [-0.05, 0) is 7.05 Å². The number of rotatable bonds is 5. The van der Waals surface area contributed by atoms with Crippen molar-refractivity contribution in [1.82, 2.24) is 10.6 Å². The van der Waals surface area contributed by atoms with Gasteiger partial charge in [0.05, 0.1) is 6.54 Å². The summed E-state index contributed by atoms with van der Waals surface area (Å²) in [6.45, 7) is 1.90. The number of amides is 1. The van der Waals surface area contributed by atoms with Gasteiger partial charge in [0.25, 0.3) is 0 Å². The fourth-order valence-electron chi connectivity index (χ4n) is 0.425. The van der Waals surface area contributed by atoms with E-state index in [9.17, 15) is 4.79 Å². The lowest BCUT2D eigenvalue weighted by Gasteiger charge is -1.98. The van der Waals surface area contributed by atoms with E-state index in [0.29, 0.717) is 0 Å². The summed E-state index contributed by atoms with van der Waals surface area (Å²) in [6, 6.07) is 0. The van der Waals surface area contributed by atoms with Gasteiger partial charge in [-0.25, -0.2) is 0 Å². The molecule has 4 N–H and O–H groups in total. The van der Waals surface area contributed by atoms with E-state index in [-0.39, 0.29) is 12.5 Å². The molecule has 0 aliphatic carbocycles. The van der Waals surface area contributed by atoms with Crippen LogP contribution < -0.4 is 16.4 Å². The Balaban J connectivity index is 2.83. The zero-order valence-corrected chi connectivity index (χ0v) is 5.61. The number of carbonyl (C=O) groups excluding carboxylic acids is 1. The molecule has 0 saturated heterocycles. The van der Waals surface area contributed by atoms with Gasteiger partial charge in [0.15, 0.2) is 0 Å². The standard InChI is InChI=1S/C5H13N3O/c1-7-2-3-8-4-5(6)9/h7-8H,2-4H2,1H3,(H2,6,9). The maximum absolute atomic E-state index is 10.1. The first-order valence-corrected chi connectivity index (χ1v) is 2.91. The van der Waals surface area contributed by atoms with Crippen LogP contribution in [0.2, 0.25) is 0 Å². The molecular weight excluding hydrogens is 118 g/mol. The van der Waals surface area contributed by atoms with Gasteiger partial charge in [0, 0.05) is 13.1 Å². The lowest BCUT2D eigenvalue weighted by molar-refractivity contribution is -0.117. The van der Waals surface area contributed by atoms with Gasteiger partial charge >= 0.3 is 0 Å². The van der Waals surface area contributed by atoms with Crippen LogP contribution in [-0.2, 0) is 4.79 Å². The molecule has 0 bridgehead atoms. The fraction of sp³-hybridized carbons (Fsp3) is 0.800.